The van der Waals surface area contributed by atoms with Crippen LogP contribution >= 0.6 is 0 Å². The Morgan fingerprint density at radius 3 is 2.37 bits per heavy atom. The number of aromatic nitrogens is 4. The van der Waals surface area contributed by atoms with E-state index in [9.17, 15) is 5.26 Å². The van der Waals surface area contributed by atoms with Gasteiger partial charge in [-0.2, -0.15) is 10.2 Å². The molecule has 2 fully saturated rings. The summed E-state index contributed by atoms with van der Waals surface area (Å²) in [6, 6.07) is 4.15. The van der Waals surface area contributed by atoms with Gasteiger partial charge < -0.3 is 19.4 Å². The first-order chi connectivity index (χ1) is 13.2. The molecule has 4 heterocycles. The summed E-state index contributed by atoms with van der Waals surface area (Å²) < 4.78 is 5.44. The summed E-state index contributed by atoms with van der Waals surface area (Å²) in [5, 5.41) is 9.24. The van der Waals surface area contributed by atoms with Gasteiger partial charge in [0.2, 0.25) is 5.95 Å². The molecule has 140 valence electrons. The van der Waals surface area contributed by atoms with Crippen LogP contribution in [-0.4, -0.2) is 72.4 Å². The lowest BCUT2D eigenvalue weighted by atomic mass is 10.3. The standard InChI is InChI=1S/C18H22N8O/c1-14-12-16(24-8-10-27-11-9-24)23-18(22-14)26-6-4-25(5-7-26)17-15(13-19)20-2-3-21-17/h2-3,12H,4-11H2,1H3. The lowest BCUT2D eigenvalue weighted by Crippen LogP contribution is -2.48. The number of nitriles is 1. The van der Waals surface area contributed by atoms with E-state index in [-0.39, 0.29) is 0 Å². The van der Waals surface area contributed by atoms with Crippen molar-refractivity contribution in [3.63, 3.8) is 0 Å². The van der Waals surface area contributed by atoms with Gasteiger partial charge in [0.05, 0.1) is 13.2 Å². The number of hydrogen-bond donors (Lipinski definition) is 0. The van der Waals surface area contributed by atoms with Crippen molar-refractivity contribution in [2.24, 2.45) is 0 Å². The Morgan fingerprint density at radius 1 is 0.926 bits per heavy atom. The summed E-state index contributed by atoms with van der Waals surface area (Å²) in [7, 11) is 0. The third kappa shape index (κ3) is 3.75. The highest BCUT2D eigenvalue weighted by atomic mass is 16.5. The highest BCUT2D eigenvalue weighted by Gasteiger charge is 2.23. The van der Waals surface area contributed by atoms with Crippen LogP contribution in [0.1, 0.15) is 11.4 Å². The molecule has 0 aliphatic carbocycles. The van der Waals surface area contributed by atoms with Gasteiger partial charge in [0.1, 0.15) is 11.9 Å². The zero-order valence-corrected chi connectivity index (χ0v) is 15.4. The third-order valence-corrected chi connectivity index (χ3v) is 4.81. The number of rotatable bonds is 3. The molecule has 0 N–H and O–H groups in total. The molecule has 0 bridgehead atoms. The van der Waals surface area contributed by atoms with Crippen LogP contribution in [0.25, 0.3) is 0 Å². The minimum atomic E-state index is 0.368. The van der Waals surface area contributed by atoms with Gasteiger partial charge in [0, 0.05) is 63.4 Å². The van der Waals surface area contributed by atoms with E-state index in [0.717, 1.165) is 69.9 Å². The first-order valence-corrected chi connectivity index (χ1v) is 9.14. The SMILES string of the molecule is Cc1cc(N2CCOCC2)nc(N2CCN(c3nccnc3C#N)CC2)n1. The lowest BCUT2D eigenvalue weighted by Gasteiger charge is -2.36. The van der Waals surface area contributed by atoms with Crippen LogP contribution in [0.15, 0.2) is 18.5 Å². The second kappa shape index (κ2) is 7.72. The molecule has 2 aromatic rings. The van der Waals surface area contributed by atoms with E-state index < -0.39 is 0 Å². The molecule has 2 aromatic heterocycles. The molecule has 0 unspecified atom stereocenters. The van der Waals surface area contributed by atoms with Gasteiger partial charge >= 0.3 is 0 Å². The fraction of sp³-hybridized carbons (Fsp3) is 0.500. The molecular formula is C18H22N8O. The van der Waals surface area contributed by atoms with Gasteiger partial charge in [0.15, 0.2) is 11.5 Å². The van der Waals surface area contributed by atoms with E-state index in [2.05, 4.69) is 35.7 Å². The molecule has 0 atom stereocenters. The van der Waals surface area contributed by atoms with Gasteiger partial charge in [-0.25, -0.2) is 15.0 Å². The lowest BCUT2D eigenvalue weighted by molar-refractivity contribution is 0.122. The quantitative estimate of drug-likeness (QED) is 0.774. The van der Waals surface area contributed by atoms with E-state index >= 15 is 0 Å². The molecule has 2 aliphatic heterocycles. The molecule has 0 aromatic carbocycles. The van der Waals surface area contributed by atoms with Crippen molar-refractivity contribution in [1.29, 1.82) is 5.26 Å². The van der Waals surface area contributed by atoms with Gasteiger partial charge in [-0.3, -0.25) is 0 Å². The Morgan fingerprint density at radius 2 is 1.63 bits per heavy atom. The molecular weight excluding hydrogens is 344 g/mol. The largest absolute Gasteiger partial charge is 0.378 e. The number of aryl methyl sites for hydroxylation is 1. The summed E-state index contributed by atoms with van der Waals surface area (Å²) in [6.07, 6.45) is 3.17. The maximum absolute atomic E-state index is 9.24. The van der Waals surface area contributed by atoms with Crippen LogP contribution in [0.5, 0.6) is 0 Å². The van der Waals surface area contributed by atoms with E-state index in [0.29, 0.717) is 11.5 Å². The number of nitrogens with zero attached hydrogens (tertiary/aromatic N) is 8. The highest BCUT2D eigenvalue weighted by molar-refractivity contribution is 5.52. The van der Waals surface area contributed by atoms with Gasteiger partial charge in [0.25, 0.3) is 0 Å². The van der Waals surface area contributed by atoms with E-state index in [1.165, 1.54) is 0 Å². The topological polar surface area (TPSA) is 94.3 Å². The molecule has 4 rings (SSSR count). The Kier molecular flexibility index (Phi) is 4.98. The van der Waals surface area contributed by atoms with Crippen LogP contribution in [0.3, 0.4) is 0 Å². The van der Waals surface area contributed by atoms with E-state index in [1.54, 1.807) is 12.4 Å². The summed E-state index contributed by atoms with van der Waals surface area (Å²) in [5.41, 5.74) is 1.33. The Bertz CT molecular complexity index is 837. The monoisotopic (exact) mass is 366 g/mol. The first kappa shape index (κ1) is 17.4. The maximum atomic E-state index is 9.24. The molecule has 0 amide bonds. The van der Waals surface area contributed by atoms with Crippen LogP contribution in [0.2, 0.25) is 0 Å². The molecule has 9 nitrogen and oxygen atoms in total. The van der Waals surface area contributed by atoms with Crippen LogP contribution in [-0.2, 0) is 4.74 Å². The minimum Gasteiger partial charge on any atom is -0.378 e. The van der Waals surface area contributed by atoms with Crippen molar-refractivity contribution in [3.05, 3.63) is 29.8 Å². The first-order valence-electron chi connectivity index (χ1n) is 9.14. The van der Waals surface area contributed by atoms with Crippen LogP contribution < -0.4 is 14.7 Å². The fourth-order valence-electron chi connectivity index (χ4n) is 3.39. The number of ether oxygens (including phenoxy) is 1. The predicted molar refractivity (Wildman–Crippen MR) is 101 cm³/mol. The van der Waals surface area contributed by atoms with Crippen molar-refractivity contribution >= 4 is 17.6 Å². The Balaban J connectivity index is 1.48. The predicted octanol–water partition coefficient (Wildman–Crippen LogP) is 0.610. The van der Waals surface area contributed by atoms with E-state index in [4.69, 9.17) is 9.72 Å². The van der Waals surface area contributed by atoms with Crippen molar-refractivity contribution in [2.75, 3.05) is 67.2 Å². The summed E-state index contributed by atoms with van der Waals surface area (Å²) in [6.45, 7) is 8.22. The second-order valence-electron chi connectivity index (χ2n) is 6.58. The number of morpholine rings is 1. The zero-order chi connectivity index (χ0) is 18.6. The molecule has 2 aliphatic rings. The molecule has 2 saturated heterocycles. The number of anilines is 3. The average molecular weight is 366 g/mol. The Hall–Kier alpha value is -2.99. The van der Waals surface area contributed by atoms with Gasteiger partial charge in [-0.1, -0.05) is 0 Å². The Labute approximate surface area is 158 Å². The molecule has 0 radical (unpaired) electrons. The van der Waals surface area contributed by atoms with Gasteiger partial charge in [-0.05, 0) is 6.92 Å². The smallest absolute Gasteiger partial charge is 0.227 e. The number of hydrogen-bond acceptors (Lipinski definition) is 9. The zero-order valence-electron chi connectivity index (χ0n) is 15.4. The number of piperazine rings is 1. The molecule has 0 spiro atoms. The average Bonchev–Trinajstić information content (AvgIpc) is 2.74. The van der Waals surface area contributed by atoms with Crippen LogP contribution in [0.4, 0.5) is 17.6 Å². The minimum absolute atomic E-state index is 0.368. The van der Waals surface area contributed by atoms with E-state index in [1.807, 2.05) is 13.0 Å². The molecule has 9 heteroatoms. The summed E-state index contributed by atoms with van der Waals surface area (Å²) in [5.74, 6) is 2.37. The van der Waals surface area contributed by atoms with Crippen molar-refractivity contribution in [1.82, 2.24) is 19.9 Å². The van der Waals surface area contributed by atoms with Crippen molar-refractivity contribution in [3.8, 4) is 6.07 Å². The summed E-state index contributed by atoms with van der Waals surface area (Å²) in [4.78, 5) is 24.4. The molecule has 27 heavy (non-hydrogen) atoms. The fourth-order valence-corrected chi connectivity index (χ4v) is 3.39. The second-order valence-corrected chi connectivity index (χ2v) is 6.58. The summed E-state index contributed by atoms with van der Waals surface area (Å²) >= 11 is 0. The van der Waals surface area contributed by atoms with Crippen molar-refractivity contribution in [2.45, 2.75) is 6.92 Å². The normalized spacial score (nSPS) is 17.7. The van der Waals surface area contributed by atoms with Gasteiger partial charge in [-0.15, -0.1) is 0 Å². The third-order valence-electron chi connectivity index (χ3n) is 4.81. The molecule has 0 saturated carbocycles. The maximum Gasteiger partial charge on any atom is 0.227 e. The highest BCUT2D eigenvalue weighted by Crippen LogP contribution is 2.21. The van der Waals surface area contributed by atoms with Crippen molar-refractivity contribution < 1.29 is 4.74 Å². The van der Waals surface area contributed by atoms with Crippen LogP contribution in [0, 0.1) is 18.3 Å².